The van der Waals surface area contributed by atoms with Crippen LogP contribution in [0.2, 0.25) is 0 Å². The molecule has 0 saturated heterocycles. The largest absolute Gasteiger partial charge is 0.237 e. The van der Waals surface area contributed by atoms with Gasteiger partial charge < -0.3 is 0 Å². The smallest absolute Gasteiger partial charge is 0.211 e. The van der Waals surface area contributed by atoms with Crippen LogP contribution >= 0.6 is 25.3 Å². The average molecular weight is 237 g/mol. The van der Waals surface area contributed by atoms with Crippen LogP contribution in [0.4, 0.5) is 0 Å². The van der Waals surface area contributed by atoms with Gasteiger partial charge in [0, 0.05) is 5.56 Å². The minimum Gasteiger partial charge on any atom is -0.211 e. The van der Waals surface area contributed by atoms with Crippen LogP contribution in [0.3, 0.4) is 0 Å². The summed E-state index contributed by atoms with van der Waals surface area (Å²) in [4.78, 5) is 13.7. The maximum Gasteiger partial charge on any atom is 0.237 e. The highest BCUT2D eigenvalue weighted by Gasteiger charge is 2.21. The van der Waals surface area contributed by atoms with E-state index in [4.69, 9.17) is 0 Å². The number of isocyanates is 1. The fourth-order valence-corrected chi connectivity index (χ4v) is 1.48. The Balaban J connectivity index is 3.21. The second-order valence-corrected chi connectivity index (χ2v) is 4.85. The first kappa shape index (κ1) is 12.1. The van der Waals surface area contributed by atoms with Crippen LogP contribution in [0.1, 0.15) is 18.1 Å². The third kappa shape index (κ3) is 2.99. The standard InChI is InChI=1S/C11H11NOS2/c1-8(2)9-4-3-5-10(6-9)11(14,15)12-7-13/h3-6,14-15H,1H2,2H3. The van der Waals surface area contributed by atoms with Crippen molar-refractivity contribution in [3.05, 3.63) is 42.0 Å². The molecule has 0 fully saturated rings. The molecule has 1 aromatic rings. The Morgan fingerprint density at radius 1 is 1.53 bits per heavy atom. The molecule has 0 spiro atoms. The Kier molecular flexibility index (Phi) is 3.80. The average Bonchev–Trinajstić information content (AvgIpc) is 2.18. The zero-order chi connectivity index (χ0) is 11.5. The second-order valence-electron chi connectivity index (χ2n) is 3.20. The van der Waals surface area contributed by atoms with E-state index >= 15 is 0 Å². The van der Waals surface area contributed by atoms with Gasteiger partial charge in [0.05, 0.1) is 0 Å². The van der Waals surface area contributed by atoms with Gasteiger partial charge in [-0.15, -0.1) is 25.3 Å². The number of aliphatic imine (C=N–C) groups is 1. The molecule has 0 amide bonds. The topological polar surface area (TPSA) is 29.4 Å². The molecule has 0 aliphatic carbocycles. The molecule has 0 aliphatic heterocycles. The Labute approximate surface area is 99.9 Å². The molecule has 0 aliphatic rings. The van der Waals surface area contributed by atoms with Crippen LogP contribution in [0, 0.1) is 0 Å². The molecule has 0 atom stereocenters. The van der Waals surface area contributed by atoms with Crippen molar-refractivity contribution in [3.63, 3.8) is 0 Å². The molecule has 0 N–H and O–H groups in total. The summed E-state index contributed by atoms with van der Waals surface area (Å²) in [5, 5.41) is 0. The van der Waals surface area contributed by atoms with Crippen molar-refractivity contribution < 1.29 is 4.79 Å². The van der Waals surface area contributed by atoms with E-state index in [-0.39, 0.29) is 0 Å². The fourth-order valence-electron chi connectivity index (χ4n) is 1.12. The van der Waals surface area contributed by atoms with Gasteiger partial charge in [-0.1, -0.05) is 30.4 Å². The molecule has 78 valence electrons. The van der Waals surface area contributed by atoms with E-state index in [1.807, 2.05) is 25.1 Å². The normalized spacial score (nSPS) is 10.6. The molecule has 4 heteroatoms. The van der Waals surface area contributed by atoms with Crippen molar-refractivity contribution in [2.45, 2.75) is 11.1 Å². The maximum absolute atomic E-state index is 10.2. The van der Waals surface area contributed by atoms with Crippen LogP contribution in [-0.4, -0.2) is 6.08 Å². The summed E-state index contributed by atoms with van der Waals surface area (Å²) in [5.41, 5.74) is 2.63. The number of thiol groups is 2. The molecule has 0 radical (unpaired) electrons. The molecule has 0 heterocycles. The van der Waals surface area contributed by atoms with Gasteiger partial charge in [-0.2, -0.15) is 4.99 Å². The monoisotopic (exact) mass is 237 g/mol. The Morgan fingerprint density at radius 2 is 2.20 bits per heavy atom. The van der Waals surface area contributed by atoms with Gasteiger partial charge in [0.15, 0.2) is 4.20 Å². The number of nitrogens with zero attached hydrogens (tertiary/aromatic N) is 1. The lowest BCUT2D eigenvalue weighted by Crippen LogP contribution is -2.06. The van der Waals surface area contributed by atoms with Crippen LogP contribution in [0.5, 0.6) is 0 Å². The summed E-state index contributed by atoms with van der Waals surface area (Å²) in [6.45, 7) is 5.74. The summed E-state index contributed by atoms with van der Waals surface area (Å²) in [7, 11) is 0. The van der Waals surface area contributed by atoms with Crippen LogP contribution < -0.4 is 0 Å². The lowest BCUT2D eigenvalue weighted by molar-refractivity contribution is 0.561. The molecule has 0 saturated carbocycles. The number of benzene rings is 1. The highest BCUT2D eigenvalue weighted by molar-refractivity contribution is 7.99. The molecule has 2 nitrogen and oxygen atoms in total. The summed E-state index contributed by atoms with van der Waals surface area (Å²) >= 11 is 8.35. The van der Waals surface area contributed by atoms with Gasteiger partial charge in [-0.25, -0.2) is 4.79 Å². The Bertz CT molecular complexity index is 434. The van der Waals surface area contributed by atoms with Crippen molar-refractivity contribution in [1.82, 2.24) is 0 Å². The Hall–Kier alpha value is -0.960. The van der Waals surface area contributed by atoms with Crippen molar-refractivity contribution in [2.75, 3.05) is 0 Å². The highest BCUT2D eigenvalue weighted by atomic mass is 32.2. The number of rotatable bonds is 3. The lowest BCUT2D eigenvalue weighted by atomic mass is 10.1. The SMILES string of the molecule is C=C(C)c1cccc(C(S)(S)N=C=O)c1. The molecule has 1 rings (SSSR count). The second kappa shape index (κ2) is 4.71. The third-order valence-corrected chi connectivity index (χ3v) is 2.66. The molecular weight excluding hydrogens is 226 g/mol. The lowest BCUT2D eigenvalue weighted by Gasteiger charge is -2.16. The van der Waals surface area contributed by atoms with Crippen molar-refractivity contribution in [1.29, 1.82) is 0 Å². The molecule has 0 unspecified atom stereocenters. The van der Waals surface area contributed by atoms with E-state index in [9.17, 15) is 4.79 Å². The van der Waals surface area contributed by atoms with Gasteiger partial charge in [-0.05, 0) is 18.6 Å². The predicted octanol–water partition coefficient (Wildman–Crippen LogP) is 3.03. The van der Waals surface area contributed by atoms with Gasteiger partial charge in [-0.3, -0.25) is 0 Å². The number of hydrogen-bond donors (Lipinski definition) is 2. The number of allylic oxidation sites excluding steroid dienone is 1. The summed E-state index contributed by atoms with van der Waals surface area (Å²) in [5.74, 6) is 0. The van der Waals surface area contributed by atoms with E-state index < -0.39 is 4.20 Å². The first-order chi connectivity index (χ1) is 6.97. The Morgan fingerprint density at radius 3 is 2.73 bits per heavy atom. The minimum atomic E-state index is -1.13. The zero-order valence-corrected chi connectivity index (χ0v) is 10.1. The number of carbonyl (C=O) groups excluding carboxylic acids is 1. The van der Waals surface area contributed by atoms with Crippen molar-refractivity contribution >= 4 is 36.9 Å². The first-order valence-corrected chi connectivity index (χ1v) is 5.17. The molecule has 15 heavy (non-hydrogen) atoms. The van der Waals surface area contributed by atoms with Gasteiger partial charge in [0.2, 0.25) is 6.08 Å². The molecule has 0 bridgehead atoms. The highest BCUT2D eigenvalue weighted by Crippen LogP contribution is 2.34. The summed E-state index contributed by atoms with van der Waals surface area (Å²) in [6.07, 6.45) is 1.45. The van der Waals surface area contributed by atoms with E-state index in [2.05, 4.69) is 36.8 Å². The van der Waals surface area contributed by atoms with Crippen LogP contribution in [0.25, 0.3) is 5.57 Å². The van der Waals surface area contributed by atoms with E-state index in [0.29, 0.717) is 0 Å². The fraction of sp³-hybridized carbons (Fsp3) is 0.182. The van der Waals surface area contributed by atoms with Gasteiger partial charge >= 0.3 is 0 Å². The molecule has 0 aromatic heterocycles. The van der Waals surface area contributed by atoms with E-state index in [1.54, 1.807) is 6.07 Å². The number of hydrogen-bond acceptors (Lipinski definition) is 4. The maximum atomic E-state index is 10.2. The first-order valence-electron chi connectivity index (χ1n) is 4.27. The quantitative estimate of drug-likeness (QED) is 0.360. The van der Waals surface area contributed by atoms with Crippen molar-refractivity contribution in [2.24, 2.45) is 4.99 Å². The predicted molar refractivity (Wildman–Crippen MR) is 68.9 cm³/mol. The minimum absolute atomic E-state index is 0.720. The van der Waals surface area contributed by atoms with Crippen LogP contribution in [-0.2, 0) is 9.00 Å². The van der Waals surface area contributed by atoms with E-state index in [0.717, 1.165) is 16.7 Å². The molecular formula is C11H11NOS2. The third-order valence-electron chi connectivity index (χ3n) is 1.94. The van der Waals surface area contributed by atoms with E-state index in [1.165, 1.54) is 6.08 Å². The molecule has 1 aromatic carbocycles. The van der Waals surface area contributed by atoms with Gasteiger partial charge in [0.25, 0.3) is 0 Å². The zero-order valence-electron chi connectivity index (χ0n) is 8.27. The summed E-state index contributed by atoms with van der Waals surface area (Å²) < 4.78 is -1.13. The van der Waals surface area contributed by atoms with Crippen molar-refractivity contribution in [3.8, 4) is 0 Å². The van der Waals surface area contributed by atoms with Gasteiger partial charge in [0.1, 0.15) is 0 Å². The van der Waals surface area contributed by atoms with Crippen LogP contribution in [0.15, 0.2) is 35.8 Å². The summed E-state index contributed by atoms with van der Waals surface area (Å²) in [6, 6.07) is 7.42.